The minimum Gasteiger partial charge on any atom is -0.394 e. The predicted molar refractivity (Wildman–Crippen MR) is 67.6 cm³/mol. The molecule has 0 aliphatic carbocycles. The maximum absolute atomic E-state index is 10.8. The Balaban J connectivity index is 2.93. The lowest BCUT2D eigenvalue weighted by Crippen LogP contribution is -2.26. The van der Waals surface area contributed by atoms with Crippen LogP contribution in [0.5, 0.6) is 0 Å². The number of nitro groups is 1. The molecule has 7 nitrogen and oxygen atoms in total. The maximum atomic E-state index is 10.8. The molecule has 0 saturated carbocycles. The molecule has 0 saturated heterocycles. The molecule has 0 spiro atoms. The van der Waals surface area contributed by atoms with E-state index in [1.807, 2.05) is 13.8 Å². The van der Waals surface area contributed by atoms with Crippen molar-refractivity contribution in [1.82, 2.24) is 9.97 Å². The molecule has 1 atom stereocenters. The number of hydrogen-bond acceptors (Lipinski definition) is 6. The van der Waals surface area contributed by atoms with Crippen LogP contribution in [0.25, 0.3) is 0 Å². The van der Waals surface area contributed by atoms with Gasteiger partial charge in [0.05, 0.1) is 17.6 Å². The zero-order chi connectivity index (χ0) is 13.7. The normalized spacial score (nSPS) is 12.5. The number of nitrogens with one attached hydrogen (secondary N) is 1. The number of aliphatic hydroxyl groups excluding tert-OH is 1. The molecule has 1 aromatic heterocycles. The molecule has 0 radical (unpaired) electrons. The van der Waals surface area contributed by atoms with Crippen LogP contribution in [0.4, 0.5) is 11.5 Å². The average Bonchev–Trinajstić information content (AvgIpc) is 2.27. The Bertz CT molecular complexity index is 428. The zero-order valence-electron chi connectivity index (χ0n) is 10.1. The summed E-state index contributed by atoms with van der Waals surface area (Å²) in [7, 11) is 0. The largest absolute Gasteiger partial charge is 0.394 e. The van der Waals surface area contributed by atoms with Gasteiger partial charge in [-0.25, -0.2) is 4.98 Å². The van der Waals surface area contributed by atoms with E-state index in [0.29, 0.717) is 12.3 Å². The number of aliphatic hydroxyl groups is 1. The zero-order valence-corrected chi connectivity index (χ0v) is 10.9. The summed E-state index contributed by atoms with van der Waals surface area (Å²) in [5, 5.41) is 22.8. The van der Waals surface area contributed by atoms with E-state index in [-0.39, 0.29) is 29.4 Å². The van der Waals surface area contributed by atoms with Crippen LogP contribution < -0.4 is 5.32 Å². The van der Waals surface area contributed by atoms with Crippen molar-refractivity contribution in [2.24, 2.45) is 5.92 Å². The van der Waals surface area contributed by atoms with E-state index in [0.717, 1.165) is 6.20 Å². The molecule has 18 heavy (non-hydrogen) atoms. The number of aromatic nitrogens is 2. The Hall–Kier alpha value is -1.47. The topological polar surface area (TPSA) is 101 Å². The van der Waals surface area contributed by atoms with Gasteiger partial charge in [-0.2, -0.15) is 4.98 Å². The summed E-state index contributed by atoms with van der Waals surface area (Å²) < 4.78 is 0. The highest BCUT2D eigenvalue weighted by atomic mass is 35.5. The Morgan fingerprint density at radius 3 is 2.78 bits per heavy atom. The van der Waals surface area contributed by atoms with Crippen LogP contribution in [-0.4, -0.2) is 32.6 Å². The summed E-state index contributed by atoms with van der Waals surface area (Å²) in [6.45, 7) is 3.84. The highest BCUT2D eigenvalue weighted by Gasteiger charge is 2.20. The number of anilines is 1. The van der Waals surface area contributed by atoms with E-state index < -0.39 is 4.92 Å². The van der Waals surface area contributed by atoms with Gasteiger partial charge in [-0.3, -0.25) is 10.1 Å². The molecule has 0 bridgehead atoms. The fourth-order valence-electron chi connectivity index (χ4n) is 1.54. The van der Waals surface area contributed by atoms with E-state index in [1.165, 1.54) is 0 Å². The Morgan fingerprint density at radius 2 is 2.28 bits per heavy atom. The Labute approximate surface area is 109 Å². The summed E-state index contributed by atoms with van der Waals surface area (Å²) in [6, 6.07) is -0.310. The fraction of sp³-hybridized carbons (Fsp3) is 0.600. The first-order valence-corrected chi connectivity index (χ1v) is 5.86. The first-order valence-electron chi connectivity index (χ1n) is 5.48. The summed E-state index contributed by atoms with van der Waals surface area (Å²) in [4.78, 5) is 17.6. The molecule has 100 valence electrons. The highest BCUT2D eigenvalue weighted by Crippen LogP contribution is 2.23. The lowest BCUT2D eigenvalue weighted by molar-refractivity contribution is -0.384. The third-order valence-electron chi connectivity index (χ3n) is 2.25. The quantitative estimate of drug-likeness (QED) is 0.466. The van der Waals surface area contributed by atoms with Crippen molar-refractivity contribution < 1.29 is 10.0 Å². The second-order valence-corrected chi connectivity index (χ2v) is 4.62. The van der Waals surface area contributed by atoms with Gasteiger partial charge in [-0.15, -0.1) is 0 Å². The molecule has 1 unspecified atom stereocenters. The first-order chi connectivity index (χ1) is 8.43. The van der Waals surface area contributed by atoms with Crippen molar-refractivity contribution >= 4 is 23.1 Å². The van der Waals surface area contributed by atoms with Crippen LogP contribution >= 0.6 is 11.6 Å². The first kappa shape index (κ1) is 14.6. The van der Waals surface area contributed by atoms with Gasteiger partial charge in [0, 0.05) is 0 Å². The van der Waals surface area contributed by atoms with E-state index in [9.17, 15) is 15.2 Å². The van der Waals surface area contributed by atoms with Crippen molar-refractivity contribution in [3.05, 3.63) is 21.6 Å². The van der Waals surface area contributed by atoms with E-state index >= 15 is 0 Å². The van der Waals surface area contributed by atoms with E-state index in [2.05, 4.69) is 15.3 Å². The number of halogens is 1. The molecule has 0 fully saturated rings. The van der Waals surface area contributed by atoms with E-state index in [4.69, 9.17) is 11.6 Å². The van der Waals surface area contributed by atoms with E-state index in [1.54, 1.807) is 0 Å². The van der Waals surface area contributed by atoms with Crippen molar-refractivity contribution in [3.63, 3.8) is 0 Å². The Morgan fingerprint density at radius 1 is 1.61 bits per heavy atom. The summed E-state index contributed by atoms with van der Waals surface area (Å²) in [5.41, 5.74) is -0.262. The third-order valence-corrected chi connectivity index (χ3v) is 2.44. The molecular formula is C10H15ClN4O3. The number of hydrogen-bond donors (Lipinski definition) is 2. The maximum Gasteiger partial charge on any atom is 0.329 e. The van der Waals surface area contributed by atoms with Crippen LogP contribution in [0.15, 0.2) is 6.20 Å². The van der Waals surface area contributed by atoms with Gasteiger partial charge in [0.15, 0.2) is 0 Å². The van der Waals surface area contributed by atoms with Crippen molar-refractivity contribution in [2.75, 3.05) is 11.9 Å². The highest BCUT2D eigenvalue weighted by molar-refractivity contribution is 6.28. The molecule has 0 aliphatic heterocycles. The second-order valence-electron chi connectivity index (χ2n) is 4.28. The number of nitrogens with zero attached hydrogens (tertiary/aromatic N) is 3. The van der Waals surface area contributed by atoms with Gasteiger partial charge in [0.1, 0.15) is 6.20 Å². The fourth-order valence-corrected chi connectivity index (χ4v) is 1.67. The molecular weight excluding hydrogens is 260 g/mol. The van der Waals surface area contributed by atoms with Gasteiger partial charge in [0.25, 0.3) is 0 Å². The standard InChI is InChI=1S/C10H15ClN4O3/c1-6(2)3-7(5-16)13-9-8(15(17)18)4-12-10(11)14-9/h4,6-7,16H,3,5H2,1-2H3,(H,12,13,14). The predicted octanol–water partition coefficient (Wildman–Crippen LogP) is 1.86. The minimum absolute atomic E-state index is 0.0275. The number of rotatable bonds is 6. The molecule has 1 heterocycles. The molecule has 1 aromatic rings. The van der Waals surface area contributed by atoms with Crippen LogP contribution in [-0.2, 0) is 0 Å². The Kier molecular flexibility index (Phi) is 5.24. The SMILES string of the molecule is CC(C)CC(CO)Nc1nc(Cl)ncc1[N+](=O)[O-]. The average molecular weight is 275 g/mol. The van der Waals surface area contributed by atoms with Gasteiger partial charge < -0.3 is 10.4 Å². The molecule has 1 rings (SSSR count). The van der Waals surface area contributed by atoms with Gasteiger partial charge in [0.2, 0.25) is 11.1 Å². The lowest BCUT2D eigenvalue weighted by atomic mass is 10.0. The lowest BCUT2D eigenvalue weighted by Gasteiger charge is -2.18. The van der Waals surface area contributed by atoms with Crippen molar-refractivity contribution in [2.45, 2.75) is 26.3 Å². The molecule has 0 aromatic carbocycles. The molecule has 0 amide bonds. The van der Waals surface area contributed by atoms with Crippen molar-refractivity contribution in [3.8, 4) is 0 Å². The van der Waals surface area contributed by atoms with Crippen molar-refractivity contribution in [1.29, 1.82) is 0 Å². The second kappa shape index (κ2) is 6.46. The molecule has 0 aliphatic rings. The van der Waals surface area contributed by atoms with Crippen LogP contribution in [0.1, 0.15) is 20.3 Å². The summed E-state index contributed by atoms with van der Waals surface area (Å²) >= 11 is 5.61. The smallest absolute Gasteiger partial charge is 0.329 e. The summed E-state index contributed by atoms with van der Waals surface area (Å²) in [6.07, 6.45) is 1.71. The monoisotopic (exact) mass is 274 g/mol. The van der Waals surface area contributed by atoms with Gasteiger partial charge in [-0.05, 0) is 23.9 Å². The van der Waals surface area contributed by atoms with Gasteiger partial charge in [-0.1, -0.05) is 13.8 Å². The third kappa shape index (κ3) is 4.08. The van der Waals surface area contributed by atoms with Crippen LogP contribution in [0.3, 0.4) is 0 Å². The van der Waals surface area contributed by atoms with Gasteiger partial charge >= 0.3 is 5.69 Å². The molecule has 8 heteroatoms. The summed E-state index contributed by atoms with van der Waals surface area (Å²) in [5.74, 6) is 0.366. The minimum atomic E-state index is -0.595. The molecule has 2 N–H and O–H groups in total. The van der Waals surface area contributed by atoms with Crippen LogP contribution in [0.2, 0.25) is 5.28 Å². The van der Waals surface area contributed by atoms with Crippen LogP contribution in [0, 0.1) is 16.0 Å².